The van der Waals surface area contributed by atoms with E-state index in [0.717, 1.165) is 5.56 Å². The molecule has 0 aliphatic carbocycles. The van der Waals surface area contributed by atoms with Gasteiger partial charge in [0.05, 0.1) is 11.0 Å². The molecule has 1 unspecified atom stereocenters. The summed E-state index contributed by atoms with van der Waals surface area (Å²) >= 11 is 6.26. The van der Waals surface area contributed by atoms with Crippen molar-refractivity contribution >= 4 is 23.1 Å². The van der Waals surface area contributed by atoms with Gasteiger partial charge in [0.1, 0.15) is 11.9 Å². The first-order valence-electron chi connectivity index (χ1n) is 7.14. The predicted octanol–water partition coefficient (Wildman–Crippen LogP) is 3.23. The molecular weight excluding hydrogens is 330 g/mol. The Hall–Kier alpha value is -2.69. The standard InChI is InChI=1S/C16H16ClN5O2/c1-21(2)15(11-5-3-4-6-12(11)17)10-19-16-8-7-14(22(23)24)13(9-18)20-16/h3-8,15H,10H2,1-2H3,(H,19,20). The van der Waals surface area contributed by atoms with Crippen molar-refractivity contribution in [2.75, 3.05) is 26.0 Å². The largest absolute Gasteiger partial charge is 0.368 e. The lowest BCUT2D eigenvalue weighted by atomic mass is 10.1. The first kappa shape index (κ1) is 17.7. The number of aromatic nitrogens is 1. The molecule has 0 amide bonds. The van der Waals surface area contributed by atoms with E-state index in [1.165, 1.54) is 12.1 Å². The number of benzene rings is 1. The zero-order valence-corrected chi connectivity index (χ0v) is 14.0. The van der Waals surface area contributed by atoms with Gasteiger partial charge in [-0.2, -0.15) is 5.26 Å². The Morgan fingerprint density at radius 2 is 2.08 bits per heavy atom. The minimum atomic E-state index is -0.623. The molecule has 1 atom stereocenters. The number of rotatable bonds is 6. The Labute approximate surface area is 144 Å². The summed E-state index contributed by atoms with van der Waals surface area (Å²) in [6.07, 6.45) is 0. The third-order valence-electron chi connectivity index (χ3n) is 3.54. The summed E-state index contributed by atoms with van der Waals surface area (Å²) in [5.41, 5.74) is 0.432. The van der Waals surface area contributed by atoms with Crippen LogP contribution < -0.4 is 5.32 Å². The van der Waals surface area contributed by atoms with Crippen molar-refractivity contribution in [2.24, 2.45) is 0 Å². The van der Waals surface area contributed by atoms with Gasteiger partial charge in [-0.05, 0) is 31.8 Å². The molecule has 0 saturated heterocycles. The Balaban J connectivity index is 2.20. The smallest absolute Gasteiger partial charge is 0.305 e. The summed E-state index contributed by atoms with van der Waals surface area (Å²) in [5.74, 6) is 0.399. The van der Waals surface area contributed by atoms with Gasteiger partial charge in [0, 0.05) is 17.6 Å². The van der Waals surface area contributed by atoms with E-state index in [4.69, 9.17) is 16.9 Å². The lowest BCUT2D eigenvalue weighted by Gasteiger charge is -2.26. The Kier molecular flexibility index (Phi) is 5.68. The molecule has 0 radical (unpaired) electrons. The van der Waals surface area contributed by atoms with E-state index in [2.05, 4.69) is 10.3 Å². The fourth-order valence-electron chi connectivity index (χ4n) is 2.30. The maximum Gasteiger partial charge on any atom is 0.305 e. The van der Waals surface area contributed by atoms with Crippen molar-refractivity contribution in [1.29, 1.82) is 5.26 Å². The van der Waals surface area contributed by atoms with Gasteiger partial charge in [-0.15, -0.1) is 0 Å². The van der Waals surface area contributed by atoms with E-state index >= 15 is 0 Å². The van der Waals surface area contributed by atoms with E-state index in [-0.39, 0.29) is 17.4 Å². The number of likely N-dealkylation sites (N-methyl/N-ethyl adjacent to an activating group) is 1. The van der Waals surface area contributed by atoms with E-state index in [9.17, 15) is 10.1 Å². The van der Waals surface area contributed by atoms with Gasteiger partial charge < -0.3 is 10.2 Å². The molecule has 24 heavy (non-hydrogen) atoms. The van der Waals surface area contributed by atoms with Crippen molar-refractivity contribution in [3.63, 3.8) is 0 Å². The average Bonchev–Trinajstić information content (AvgIpc) is 2.55. The molecule has 1 aromatic carbocycles. The van der Waals surface area contributed by atoms with Crippen molar-refractivity contribution in [1.82, 2.24) is 9.88 Å². The van der Waals surface area contributed by atoms with Gasteiger partial charge >= 0.3 is 5.69 Å². The van der Waals surface area contributed by atoms with E-state index in [0.29, 0.717) is 17.4 Å². The highest BCUT2D eigenvalue weighted by Crippen LogP contribution is 2.26. The molecule has 0 aliphatic heterocycles. The van der Waals surface area contributed by atoms with Crippen LogP contribution in [0.1, 0.15) is 17.3 Å². The number of nitriles is 1. The topological polar surface area (TPSA) is 95.1 Å². The van der Waals surface area contributed by atoms with E-state index < -0.39 is 4.92 Å². The zero-order chi connectivity index (χ0) is 17.7. The second-order valence-corrected chi connectivity index (χ2v) is 5.72. The van der Waals surface area contributed by atoms with Crippen LogP contribution in [0.2, 0.25) is 5.02 Å². The normalized spacial score (nSPS) is 11.8. The number of hydrogen-bond donors (Lipinski definition) is 1. The Morgan fingerprint density at radius 1 is 1.38 bits per heavy atom. The van der Waals surface area contributed by atoms with Gasteiger partial charge in [0.15, 0.2) is 0 Å². The lowest BCUT2D eigenvalue weighted by Crippen LogP contribution is -2.27. The predicted molar refractivity (Wildman–Crippen MR) is 92.0 cm³/mol. The summed E-state index contributed by atoms with van der Waals surface area (Å²) in [4.78, 5) is 16.2. The van der Waals surface area contributed by atoms with Crippen LogP contribution in [-0.2, 0) is 0 Å². The summed E-state index contributed by atoms with van der Waals surface area (Å²) < 4.78 is 0. The second-order valence-electron chi connectivity index (χ2n) is 5.31. The SMILES string of the molecule is CN(C)C(CNc1ccc([N+](=O)[O-])c(C#N)n1)c1ccccc1Cl. The van der Waals surface area contributed by atoms with Crippen LogP contribution in [0.15, 0.2) is 36.4 Å². The van der Waals surface area contributed by atoms with Crippen LogP contribution in [0.4, 0.5) is 11.5 Å². The zero-order valence-electron chi connectivity index (χ0n) is 13.2. The summed E-state index contributed by atoms with van der Waals surface area (Å²) in [5, 5.41) is 23.6. The summed E-state index contributed by atoms with van der Waals surface area (Å²) in [6.45, 7) is 0.479. The molecule has 1 heterocycles. The van der Waals surface area contributed by atoms with Gasteiger partial charge in [0.2, 0.25) is 5.69 Å². The molecule has 124 valence electrons. The van der Waals surface area contributed by atoms with Crippen LogP contribution in [0.5, 0.6) is 0 Å². The fourth-order valence-corrected chi connectivity index (χ4v) is 2.56. The monoisotopic (exact) mass is 345 g/mol. The minimum absolute atomic E-state index is 0.0266. The number of nitrogens with zero attached hydrogens (tertiary/aromatic N) is 4. The van der Waals surface area contributed by atoms with Gasteiger partial charge in [-0.3, -0.25) is 10.1 Å². The number of nitro groups is 1. The van der Waals surface area contributed by atoms with Crippen LogP contribution in [0, 0.1) is 21.4 Å². The number of anilines is 1. The first-order valence-corrected chi connectivity index (χ1v) is 7.52. The first-order chi connectivity index (χ1) is 11.4. The summed E-state index contributed by atoms with van der Waals surface area (Å²) in [7, 11) is 3.86. The van der Waals surface area contributed by atoms with Crippen molar-refractivity contribution < 1.29 is 4.92 Å². The van der Waals surface area contributed by atoms with Crippen molar-refractivity contribution in [3.8, 4) is 6.07 Å². The molecule has 0 aliphatic rings. The van der Waals surface area contributed by atoms with E-state index in [1.807, 2.05) is 43.3 Å². The highest BCUT2D eigenvalue weighted by Gasteiger charge is 2.19. The third kappa shape index (κ3) is 3.98. The van der Waals surface area contributed by atoms with Crippen molar-refractivity contribution in [2.45, 2.75) is 6.04 Å². The highest BCUT2D eigenvalue weighted by molar-refractivity contribution is 6.31. The molecule has 1 aromatic heterocycles. The lowest BCUT2D eigenvalue weighted by molar-refractivity contribution is -0.385. The maximum atomic E-state index is 10.8. The number of hydrogen-bond acceptors (Lipinski definition) is 6. The molecule has 8 heteroatoms. The minimum Gasteiger partial charge on any atom is -0.368 e. The molecule has 2 aromatic rings. The number of pyridine rings is 1. The van der Waals surface area contributed by atoms with Crippen LogP contribution in [-0.4, -0.2) is 35.4 Å². The third-order valence-corrected chi connectivity index (χ3v) is 3.88. The quantitative estimate of drug-likeness (QED) is 0.638. The van der Waals surface area contributed by atoms with Crippen LogP contribution >= 0.6 is 11.6 Å². The molecular formula is C16H16ClN5O2. The molecule has 0 spiro atoms. The average molecular weight is 346 g/mol. The number of halogens is 1. The molecule has 2 rings (SSSR count). The molecule has 0 bridgehead atoms. The van der Waals surface area contributed by atoms with Crippen molar-refractivity contribution in [3.05, 3.63) is 62.8 Å². The van der Waals surface area contributed by atoms with Gasteiger partial charge in [-0.25, -0.2) is 4.98 Å². The van der Waals surface area contributed by atoms with Crippen LogP contribution in [0.3, 0.4) is 0 Å². The van der Waals surface area contributed by atoms with Gasteiger partial charge in [-0.1, -0.05) is 29.8 Å². The van der Waals surface area contributed by atoms with Gasteiger partial charge in [0.25, 0.3) is 0 Å². The molecule has 0 saturated carbocycles. The molecule has 7 nitrogen and oxygen atoms in total. The second kappa shape index (κ2) is 7.73. The molecule has 0 fully saturated rings. The summed E-state index contributed by atoms with van der Waals surface area (Å²) in [6, 6.07) is 12.0. The highest BCUT2D eigenvalue weighted by atomic mass is 35.5. The Bertz CT molecular complexity index is 788. The van der Waals surface area contributed by atoms with E-state index in [1.54, 1.807) is 6.07 Å². The molecule has 1 N–H and O–H groups in total. The maximum absolute atomic E-state index is 10.8. The Morgan fingerprint density at radius 3 is 2.67 bits per heavy atom. The fraction of sp³-hybridized carbons (Fsp3) is 0.250. The number of nitrogens with one attached hydrogen (secondary N) is 1. The van der Waals surface area contributed by atoms with Crippen LogP contribution in [0.25, 0.3) is 0 Å².